The lowest BCUT2D eigenvalue weighted by molar-refractivity contribution is 0.426. The van der Waals surface area contributed by atoms with Gasteiger partial charge in [-0.2, -0.15) is 0 Å². The minimum Gasteiger partial charge on any atom is -0.460 e. The number of fused-ring (bicyclic) bond motifs is 3. The van der Waals surface area contributed by atoms with Crippen LogP contribution in [0, 0.1) is 0 Å². The van der Waals surface area contributed by atoms with E-state index in [1.165, 1.54) is 5.56 Å². The van der Waals surface area contributed by atoms with Crippen molar-refractivity contribution in [3.63, 3.8) is 0 Å². The molecule has 1 atom stereocenters. The zero-order chi connectivity index (χ0) is 24.5. The summed E-state index contributed by atoms with van der Waals surface area (Å²) in [5.74, 6) is 2.36. The fourth-order valence-corrected chi connectivity index (χ4v) is 5.16. The van der Waals surface area contributed by atoms with Gasteiger partial charge in [0, 0.05) is 34.1 Å². The molecule has 36 heavy (non-hydrogen) atoms. The van der Waals surface area contributed by atoms with Crippen LogP contribution >= 0.6 is 0 Å². The van der Waals surface area contributed by atoms with Crippen LogP contribution in [-0.2, 0) is 0 Å². The van der Waals surface area contributed by atoms with Crippen LogP contribution < -0.4 is 9.64 Å². The average molecular weight is 466 g/mol. The maximum atomic E-state index is 6.34. The van der Waals surface area contributed by atoms with Crippen molar-refractivity contribution in [3.05, 3.63) is 145 Å². The molecule has 1 aliphatic carbocycles. The third-order valence-corrected chi connectivity index (χ3v) is 6.97. The lowest BCUT2D eigenvalue weighted by Gasteiger charge is -2.26. The first-order valence-corrected chi connectivity index (χ1v) is 12.3. The van der Waals surface area contributed by atoms with Gasteiger partial charge in [-0.3, -0.25) is 0 Å². The maximum Gasteiger partial charge on any atom is 0.138 e. The van der Waals surface area contributed by atoms with Crippen molar-refractivity contribution < 1.29 is 4.74 Å². The lowest BCUT2D eigenvalue weighted by Crippen LogP contribution is -2.10. The predicted octanol–water partition coefficient (Wildman–Crippen LogP) is 9.43. The summed E-state index contributed by atoms with van der Waals surface area (Å²) in [7, 11) is 0. The highest BCUT2D eigenvalue weighted by molar-refractivity contribution is 5.82. The summed E-state index contributed by atoms with van der Waals surface area (Å²) in [6, 6.07) is 32.0. The van der Waals surface area contributed by atoms with Gasteiger partial charge in [-0.1, -0.05) is 92.1 Å². The fraction of sp³-hybridized carbons (Fsp3) is 0.0588. The molecule has 0 bridgehead atoms. The number of ether oxygens (including phenoxy) is 1. The second kappa shape index (κ2) is 9.24. The topological polar surface area (TPSA) is 12.5 Å². The molecule has 2 heteroatoms. The highest BCUT2D eigenvalue weighted by Crippen LogP contribution is 2.49. The van der Waals surface area contributed by atoms with E-state index in [0.717, 1.165) is 57.2 Å². The Morgan fingerprint density at radius 1 is 0.750 bits per heavy atom. The minimum atomic E-state index is 0.329. The van der Waals surface area contributed by atoms with Crippen LogP contribution in [0.15, 0.2) is 128 Å². The molecule has 4 aromatic carbocycles. The summed E-state index contributed by atoms with van der Waals surface area (Å²) in [5.41, 5.74) is 8.93. The predicted molar refractivity (Wildman–Crippen MR) is 152 cm³/mol. The standard InChI is InChI=1S/C34H27NO/c1-3-24-17-22-29(23-25(24)4-2)35(27-11-6-5-7-12-27)28-20-18-26(19-21-28)30-14-10-15-32-31-13-8-9-16-33(31)36-34(30)32/h3-12,14-23,31H,1-2,13H2. The summed E-state index contributed by atoms with van der Waals surface area (Å²) in [6.07, 6.45) is 11.1. The molecule has 2 nitrogen and oxygen atoms in total. The van der Waals surface area contributed by atoms with Gasteiger partial charge >= 0.3 is 0 Å². The number of anilines is 3. The van der Waals surface area contributed by atoms with Gasteiger partial charge in [0.15, 0.2) is 0 Å². The molecule has 0 fully saturated rings. The van der Waals surface area contributed by atoms with Crippen LogP contribution in [0.1, 0.15) is 29.0 Å². The van der Waals surface area contributed by atoms with Gasteiger partial charge in [0.25, 0.3) is 0 Å². The van der Waals surface area contributed by atoms with Crippen molar-refractivity contribution in [1.82, 2.24) is 0 Å². The smallest absolute Gasteiger partial charge is 0.138 e. The van der Waals surface area contributed by atoms with Gasteiger partial charge in [-0.05, 0) is 65.6 Å². The van der Waals surface area contributed by atoms with Crippen LogP contribution in [0.3, 0.4) is 0 Å². The zero-order valence-corrected chi connectivity index (χ0v) is 20.1. The number of benzene rings is 4. The molecule has 0 saturated heterocycles. The van der Waals surface area contributed by atoms with Gasteiger partial charge in [0.2, 0.25) is 0 Å². The number of rotatable bonds is 6. The highest BCUT2D eigenvalue weighted by atomic mass is 16.5. The lowest BCUT2D eigenvalue weighted by atomic mass is 9.90. The summed E-state index contributed by atoms with van der Waals surface area (Å²) in [6.45, 7) is 7.94. The fourth-order valence-electron chi connectivity index (χ4n) is 5.16. The number of nitrogens with zero attached hydrogens (tertiary/aromatic N) is 1. The Morgan fingerprint density at radius 2 is 1.50 bits per heavy atom. The molecule has 0 amide bonds. The Kier molecular flexibility index (Phi) is 5.63. The Morgan fingerprint density at radius 3 is 2.28 bits per heavy atom. The molecule has 2 aliphatic rings. The molecular formula is C34H27NO. The molecule has 4 aromatic rings. The van der Waals surface area contributed by atoms with Crippen molar-refractivity contribution in [3.8, 4) is 16.9 Å². The first-order valence-electron chi connectivity index (χ1n) is 12.3. The molecule has 1 aliphatic heterocycles. The van der Waals surface area contributed by atoms with Crippen molar-refractivity contribution in [2.24, 2.45) is 0 Å². The van der Waals surface area contributed by atoms with Gasteiger partial charge in [-0.15, -0.1) is 0 Å². The van der Waals surface area contributed by atoms with Crippen molar-refractivity contribution >= 4 is 29.2 Å². The van der Waals surface area contributed by atoms with Crippen molar-refractivity contribution in [2.75, 3.05) is 4.90 Å². The second-order valence-corrected chi connectivity index (χ2v) is 9.05. The van der Waals surface area contributed by atoms with Crippen LogP contribution in [0.25, 0.3) is 23.3 Å². The SMILES string of the molecule is C=Cc1ccc(N(c2ccccc2)c2ccc(-c3cccc4c3OC3=CC=CCC34)cc2)cc1C=C. The van der Waals surface area contributed by atoms with E-state index in [-0.39, 0.29) is 0 Å². The Bertz CT molecular complexity index is 1510. The largest absolute Gasteiger partial charge is 0.460 e. The van der Waals surface area contributed by atoms with Crippen LogP contribution in [0.4, 0.5) is 17.1 Å². The van der Waals surface area contributed by atoms with Crippen LogP contribution in [-0.4, -0.2) is 0 Å². The third kappa shape index (κ3) is 3.77. The Hall–Kier alpha value is -4.56. The van der Waals surface area contributed by atoms with E-state index in [0.29, 0.717) is 5.92 Å². The van der Waals surface area contributed by atoms with E-state index >= 15 is 0 Å². The van der Waals surface area contributed by atoms with E-state index in [1.54, 1.807) is 0 Å². The van der Waals surface area contributed by atoms with Crippen LogP contribution in [0.2, 0.25) is 0 Å². The minimum absolute atomic E-state index is 0.329. The number of para-hydroxylation sites is 2. The molecule has 0 spiro atoms. The summed E-state index contributed by atoms with van der Waals surface area (Å²) in [4.78, 5) is 2.26. The second-order valence-electron chi connectivity index (χ2n) is 9.05. The molecule has 0 saturated carbocycles. The molecule has 174 valence electrons. The molecule has 0 radical (unpaired) electrons. The van der Waals surface area contributed by atoms with Crippen LogP contribution in [0.5, 0.6) is 5.75 Å². The van der Waals surface area contributed by atoms with E-state index < -0.39 is 0 Å². The van der Waals surface area contributed by atoms with Gasteiger partial charge in [0.1, 0.15) is 11.5 Å². The first-order chi connectivity index (χ1) is 17.8. The average Bonchev–Trinajstić information content (AvgIpc) is 3.33. The first kappa shape index (κ1) is 21.9. The normalized spacial score (nSPS) is 15.3. The third-order valence-electron chi connectivity index (χ3n) is 6.97. The summed E-state index contributed by atoms with van der Waals surface area (Å²) >= 11 is 0. The monoisotopic (exact) mass is 465 g/mol. The Balaban J connectivity index is 1.40. The summed E-state index contributed by atoms with van der Waals surface area (Å²) in [5, 5.41) is 0. The van der Waals surface area contributed by atoms with E-state index in [1.807, 2.05) is 18.2 Å². The van der Waals surface area contributed by atoms with Gasteiger partial charge < -0.3 is 9.64 Å². The molecule has 1 heterocycles. The van der Waals surface area contributed by atoms with Crippen molar-refractivity contribution in [2.45, 2.75) is 12.3 Å². The van der Waals surface area contributed by atoms with Gasteiger partial charge in [0.05, 0.1) is 0 Å². The molecular weight excluding hydrogens is 438 g/mol. The van der Waals surface area contributed by atoms with Gasteiger partial charge in [-0.25, -0.2) is 0 Å². The zero-order valence-electron chi connectivity index (χ0n) is 20.1. The molecule has 0 aromatic heterocycles. The quantitative estimate of drug-likeness (QED) is 0.281. The Labute approximate surface area is 212 Å². The molecule has 6 rings (SSSR count). The summed E-state index contributed by atoms with van der Waals surface area (Å²) < 4.78 is 6.34. The maximum absolute atomic E-state index is 6.34. The highest BCUT2D eigenvalue weighted by Gasteiger charge is 2.31. The number of hydrogen-bond donors (Lipinski definition) is 0. The van der Waals surface area contributed by atoms with Crippen molar-refractivity contribution in [1.29, 1.82) is 0 Å². The number of allylic oxidation sites excluding steroid dienone is 4. The molecule has 1 unspecified atom stereocenters. The van der Waals surface area contributed by atoms with E-state index in [4.69, 9.17) is 4.74 Å². The molecule has 0 N–H and O–H groups in total. The van der Waals surface area contributed by atoms with E-state index in [9.17, 15) is 0 Å². The van der Waals surface area contributed by atoms with E-state index in [2.05, 4.69) is 121 Å². The number of hydrogen-bond acceptors (Lipinski definition) is 2.